The molecule has 1 aromatic rings. The third kappa shape index (κ3) is 4.16. The van der Waals surface area contributed by atoms with Crippen molar-refractivity contribution in [3.63, 3.8) is 0 Å². The standard InChI is InChI=1S/C19H28BrN3OS/c20-18-13-23-15-8-7-14(12-17(15)25-19(23)21-18)16(24)6-2-5-11-22-9-3-1-4-10-22/h13-15,17H,1-12H2. The molecule has 0 radical (unpaired) electrons. The molecule has 4 rings (SSSR count). The van der Waals surface area contributed by atoms with Crippen molar-refractivity contribution >= 4 is 33.5 Å². The van der Waals surface area contributed by atoms with Crippen LogP contribution in [0.3, 0.4) is 0 Å². The number of likely N-dealkylation sites (tertiary alicyclic amines) is 1. The molecular formula is C19H28BrN3OS. The summed E-state index contributed by atoms with van der Waals surface area (Å²) in [5, 5.41) is 1.67. The van der Waals surface area contributed by atoms with E-state index >= 15 is 0 Å². The quantitative estimate of drug-likeness (QED) is 0.619. The van der Waals surface area contributed by atoms with E-state index in [2.05, 4.69) is 36.6 Å². The number of thioether (sulfide) groups is 1. The number of imidazole rings is 1. The fourth-order valence-electron chi connectivity index (χ4n) is 4.68. The van der Waals surface area contributed by atoms with E-state index in [1.54, 1.807) is 0 Å². The molecule has 138 valence electrons. The molecule has 3 atom stereocenters. The molecule has 1 aliphatic carbocycles. The Hall–Kier alpha value is -0.330. The molecule has 0 aromatic carbocycles. The van der Waals surface area contributed by atoms with Gasteiger partial charge in [0.15, 0.2) is 5.16 Å². The Morgan fingerprint density at radius 2 is 2.08 bits per heavy atom. The van der Waals surface area contributed by atoms with E-state index in [0.717, 1.165) is 41.9 Å². The number of piperidine rings is 1. The third-order valence-electron chi connectivity index (χ3n) is 6.09. The van der Waals surface area contributed by atoms with Gasteiger partial charge in [0.1, 0.15) is 10.4 Å². The van der Waals surface area contributed by atoms with E-state index in [4.69, 9.17) is 0 Å². The Balaban J connectivity index is 1.20. The van der Waals surface area contributed by atoms with E-state index in [-0.39, 0.29) is 5.92 Å². The lowest BCUT2D eigenvalue weighted by molar-refractivity contribution is -0.124. The van der Waals surface area contributed by atoms with Crippen LogP contribution in [0.5, 0.6) is 0 Å². The summed E-state index contributed by atoms with van der Waals surface area (Å²) in [5.41, 5.74) is 0. The molecule has 0 N–H and O–H groups in total. The fraction of sp³-hybridized carbons (Fsp3) is 0.789. The summed E-state index contributed by atoms with van der Waals surface area (Å²) in [6.07, 6.45) is 12.5. The zero-order valence-electron chi connectivity index (χ0n) is 14.8. The molecule has 1 saturated carbocycles. The molecule has 4 nitrogen and oxygen atoms in total. The highest BCUT2D eigenvalue weighted by atomic mass is 79.9. The minimum Gasteiger partial charge on any atom is -0.321 e. The molecule has 3 unspecified atom stereocenters. The molecule has 2 fully saturated rings. The monoisotopic (exact) mass is 425 g/mol. The Morgan fingerprint density at radius 1 is 1.24 bits per heavy atom. The predicted molar refractivity (Wildman–Crippen MR) is 105 cm³/mol. The average Bonchev–Trinajstić information content (AvgIpc) is 3.14. The fourth-order valence-corrected chi connectivity index (χ4v) is 6.67. The number of carbonyl (C=O) groups is 1. The van der Waals surface area contributed by atoms with Crippen LogP contribution in [0.15, 0.2) is 16.0 Å². The van der Waals surface area contributed by atoms with Crippen molar-refractivity contribution in [2.45, 2.75) is 74.2 Å². The van der Waals surface area contributed by atoms with E-state index in [0.29, 0.717) is 17.1 Å². The Morgan fingerprint density at radius 3 is 2.92 bits per heavy atom. The smallest absolute Gasteiger partial charge is 0.169 e. The predicted octanol–water partition coefficient (Wildman–Crippen LogP) is 4.69. The normalized spacial score (nSPS) is 29.4. The van der Waals surface area contributed by atoms with E-state index < -0.39 is 0 Å². The zero-order chi connectivity index (χ0) is 17.2. The van der Waals surface area contributed by atoms with Crippen molar-refractivity contribution in [3.8, 4) is 0 Å². The van der Waals surface area contributed by atoms with Gasteiger partial charge in [0.2, 0.25) is 0 Å². The van der Waals surface area contributed by atoms with Gasteiger partial charge in [-0.25, -0.2) is 4.98 Å². The van der Waals surface area contributed by atoms with E-state index in [9.17, 15) is 4.79 Å². The second kappa shape index (κ2) is 8.13. The first-order chi connectivity index (χ1) is 12.2. The number of aromatic nitrogens is 2. The number of ketones is 1. The summed E-state index contributed by atoms with van der Waals surface area (Å²) < 4.78 is 3.25. The first-order valence-corrected chi connectivity index (χ1v) is 11.5. The van der Waals surface area contributed by atoms with Crippen LogP contribution in [0.25, 0.3) is 0 Å². The highest BCUT2D eigenvalue weighted by molar-refractivity contribution is 9.10. The first-order valence-electron chi connectivity index (χ1n) is 9.87. The molecule has 1 saturated heterocycles. The molecule has 0 bridgehead atoms. The van der Waals surface area contributed by atoms with Crippen LogP contribution in [0.1, 0.15) is 63.8 Å². The molecule has 0 spiro atoms. The molecule has 25 heavy (non-hydrogen) atoms. The SMILES string of the molecule is O=C(CCCCN1CCCCC1)C1CCC2C(C1)Sc1nc(Br)cn12. The lowest BCUT2D eigenvalue weighted by atomic mass is 9.82. The lowest BCUT2D eigenvalue weighted by Crippen LogP contribution is -2.31. The van der Waals surface area contributed by atoms with Crippen molar-refractivity contribution in [2.75, 3.05) is 19.6 Å². The average molecular weight is 426 g/mol. The molecule has 3 aliphatic rings. The summed E-state index contributed by atoms with van der Waals surface area (Å²) >= 11 is 5.34. The molecule has 1 aromatic heterocycles. The number of Topliss-reactive ketones (excluding diaryl/α,β-unsaturated/α-hetero) is 1. The van der Waals surface area contributed by atoms with Gasteiger partial charge in [0.25, 0.3) is 0 Å². The molecule has 0 amide bonds. The molecule has 3 heterocycles. The van der Waals surface area contributed by atoms with Crippen LogP contribution >= 0.6 is 27.7 Å². The van der Waals surface area contributed by atoms with Crippen molar-refractivity contribution in [3.05, 3.63) is 10.8 Å². The van der Waals surface area contributed by atoms with Gasteiger partial charge in [-0.1, -0.05) is 18.2 Å². The van der Waals surface area contributed by atoms with Crippen molar-refractivity contribution < 1.29 is 4.79 Å². The number of rotatable bonds is 6. The second-order valence-electron chi connectivity index (χ2n) is 7.81. The number of unbranched alkanes of at least 4 members (excludes halogenated alkanes) is 1. The van der Waals surface area contributed by atoms with Crippen LogP contribution in [0, 0.1) is 5.92 Å². The Bertz CT molecular complexity index is 614. The van der Waals surface area contributed by atoms with Crippen LogP contribution in [0.2, 0.25) is 0 Å². The van der Waals surface area contributed by atoms with Gasteiger partial charge in [-0.05, 0) is 80.5 Å². The van der Waals surface area contributed by atoms with Crippen LogP contribution in [0.4, 0.5) is 0 Å². The largest absolute Gasteiger partial charge is 0.321 e. The third-order valence-corrected chi connectivity index (χ3v) is 7.80. The van der Waals surface area contributed by atoms with Gasteiger partial charge < -0.3 is 9.47 Å². The summed E-state index contributed by atoms with van der Waals surface area (Å²) in [4.78, 5) is 19.8. The number of halogens is 1. The summed E-state index contributed by atoms with van der Waals surface area (Å²) in [6, 6.07) is 0.543. The van der Waals surface area contributed by atoms with Crippen LogP contribution < -0.4 is 0 Å². The van der Waals surface area contributed by atoms with E-state index in [1.165, 1.54) is 45.3 Å². The topological polar surface area (TPSA) is 38.1 Å². The van der Waals surface area contributed by atoms with Crippen molar-refractivity contribution in [1.29, 1.82) is 0 Å². The van der Waals surface area contributed by atoms with Gasteiger partial charge in [-0.3, -0.25) is 4.79 Å². The van der Waals surface area contributed by atoms with Gasteiger partial charge >= 0.3 is 0 Å². The summed E-state index contributed by atoms with van der Waals surface area (Å²) in [5.74, 6) is 0.806. The van der Waals surface area contributed by atoms with Gasteiger partial charge in [0.05, 0.1) is 0 Å². The van der Waals surface area contributed by atoms with Crippen LogP contribution in [-0.4, -0.2) is 45.1 Å². The molecule has 2 aliphatic heterocycles. The van der Waals surface area contributed by atoms with Gasteiger partial charge in [0, 0.05) is 29.8 Å². The number of fused-ring (bicyclic) bond motifs is 3. The van der Waals surface area contributed by atoms with Crippen LogP contribution in [-0.2, 0) is 4.79 Å². The highest BCUT2D eigenvalue weighted by Crippen LogP contribution is 2.49. The van der Waals surface area contributed by atoms with Gasteiger partial charge in [-0.2, -0.15) is 0 Å². The number of hydrogen-bond acceptors (Lipinski definition) is 4. The van der Waals surface area contributed by atoms with Gasteiger partial charge in [-0.15, -0.1) is 0 Å². The molecular weight excluding hydrogens is 398 g/mol. The second-order valence-corrected chi connectivity index (χ2v) is 9.83. The van der Waals surface area contributed by atoms with Crippen molar-refractivity contribution in [1.82, 2.24) is 14.5 Å². The summed E-state index contributed by atoms with van der Waals surface area (Å²) in [7, 11) is 0. The maximum Gasteiger partial charge on any atom is 0.169 e. The van der Waals surface area contributed by atoms with Crippen molar-refractivity contribution in [2.24, 2.45) is 5.92 Å². The minimum absolute atomic E-state index is 0.289. The molecule has 6 heteroatoms. The number of hydrogen-bond donors (Lipinski definition) is 0. The number of carbonyl (C=O) groups excluding carboxylic acids is 1. The maximum absolute atomic E-state index is 12.7. The lowest BCUT2D eigenvalue weighted by Gasteiger charge is -2.31. The minimum atomic E-state index is 0.289. The Labute approximate surface area is 163 Å². The van der Waals surface area contributed by atoms with E-state index in [1.807, 2.05) is 11.8 Å². The highest BCUT2D eigenvalue weighted by Gasteiger charge is 2.40. The Kier molecular flexibility index (Phi) is 5.87. The first kappa shape index (κ1) is 18.1. The maximum atomic E-state index is 12.7. The zero-order valence-corrected chi connectivity index (χ0v) is 17.2. The summed E-state index contributed by atoms with van der Waals surface area (Å²) in [6.45, 7) is 3.72. The number of nitrogens with zero attached hydrogens (tertiary/aromatic N) is 3.